The molecule has 2 unspecified atom stereocenters. The van der Waals surface area contributed by atoms with Crippen molar-refractivity contribution in [2.45, 2.75) is 25.4 Å². The van der Waals surface area contributed by atoms with Crippen LogP contribution in [0, 0.1) is 6.92 Å². The lowest BCUT2D eigenvalue weighted by molar-refractivity contribution is -0.131. The molecule has 1 amide bonds. The van der Waals surface area contributed by atoms with E-state index in [2.05, 4.69) is 10.4 Å². The molecule has 3 aliphatic rings. The minimum atomic E-state index is -3.18. The normalized spacial score (nSPS) is 41.2. The van der Waals surface area contributed by atoms with E-state index in [9.17, 15) is 4.79 Å². The van der Waals surface area contributed by atoms with Gasteiger partial charge in [0, 0.05) is 62.4 Å². The fraction of sp³-hybridized carbons (Fsp3) is 0.545. The number of carbonyl (C=O) groups excluding carboxylic acids is 1. The lowest BCUT2D eigenvalue weighted by atomic mass is 10.1. The predicted octanol–water partition coefficient (Wildman–Crippen LogP) is 1.57. The molecule has 5 rings (SSSR count). The van der Waals surface area contributed by atoms with Gasteiger partial charge in [-0.25, -0.2) is 4.68 Å². The summed E-state index contributed by atoms with van der Waals surface area (Å²) in [6.07, 6.45) is -0.335. The molecule has 2 aromatic rings. The first-order valence-electron chi connectivity index (χ1n) is 15.6. The van der Waals surface area contributed by atoms with E-state index in [-0.39, 0.29) is 24.5 Å². The first-order chi connectivity index (χ1) is 19.2. The lowest BCUT2D eigenvalue weighted by Gasteiger charge is -2.38. The van der Waals surface area contributed by atoms with Gasteiger partial charge >= 0.3 is 0 Å². The summed E-state index contributed by atoms with van der Waals surface area (Å²) in [7, 11) is 0. The SMILES string of the molecule is [2H]C1([2H])CSC([2H])([2H])N1C(=O)C1CC(N2C([2H])([2H])C([2H])([2H])N(c3cc(C)nn3-c3ccccc3)C([2H])([2H])C2([2H])[2H])CN1. The molecule has 160 valence electrons. The average Bonchev–Trinajstić information content (AvgIpc) is 3.54. The van der Waals surface area contributed by atoms with E-state index in [4.69, 9.17) is 16.4 Å². The fourth-order valence-corrected chi connectivity index (χ4v) is 4.11. The minimum absolute atomic E-state index is 0.199. The number of nitrogens with one attached hydrogen (secondary N) is 1. The third-order valence-electron chi connectivity index (χ3n) is 5.05. The molecule has 0 aliphatic carbocycles. The molecule has 3 fully saturated rings. The van der Waals surface area contributed by atoms with Gasteiger partial charge in [-0.1, -0.05) is 18.2 Å². The number of anilines is 1. The molecule has 1 aromatic carbocycles. The number of rotatable bonds is 4. The van der Waals surface area contributed by atoms with E-state index < -0.39 is 56.3 Å². The van der Waals surface area contributed by atoms with Crippen molar-refractivity contribution in [2.75, 3.05) is 55.5 Å². The lowest BCUT2D eigenvalue weighted by Crippen LogP contribution is -2.51. The Morgan fingerprint density at radius 2 is 2.00 bits per heavy atom. The number of hydrogen-bond donors (Lipinski definition) is 1. The van der Waals surface area contributed by atoms with Crippen molar-refractivity contribution in [3.63, 3.8) is 0 Å². The summed E-state index contributed by atoms with van der Waals surface area (Å²) in [5.74, 6) is -3.78. The molecule has 7 nitrogen and oxygen atoms in total. The van der Waals surface area contributed by atoms with Crippen molar-refractivity contribution in [2.24, 2.45) is 0 Å². The van der Waals surface area contributed by atoms with Gasteiger partial charge in [0.2, 0.25) is 5.91 Å². The van der Waals surface area contributed by atoms with Gasteiger partial charge in [-0.2, -0.15) is 5.10 Å². The highest BCUT2D eigenvalue weighted by atomic mass is 32.2. The molecule has 1 N–H and O–H groups in total. The van der Waals surface area contributed by atoms with Crippen LogP contribution in [0.2, 0.25) is 0 Å². The Hall–Kier alpha value is -2.03. The Balaban J connectivity index is 1.52. The average molecular weight is 439 g/mol. The van der Waals surface area contributed by atoms with Gasteiger partial charge in [-0.15, -0.1) is 11.8 Å². The maximum Gasteiger partial charge on any atom is 0.240 e. The summed E-state index contributed by atoms with van der Waals surface area (Å²) in [6, 6.07) is 7.29. The Labute approximate surface area is 199 Å². The fourth-order valence-electron chi connectivity index (χ4n) is 3.57. The number of amides is 1. The molecule has 0 saturated carbocycles. The van der Waals surface area contributed by atoms with Crippen molar-refractivity contribution in [1.82, 2.24) is 24.9 Å². The van der Waals surface area contributed by atoms with Crippen LogP contribution in [0.3, 0.4) is 0 Å². The first kappa shape index (κ1) is 10.5. The largest absolute Gasteiger partial charge is 0.354 e. The summed E-state index contributed by atoms with van der Waals surface area (Å²) in [6.45, 7) is -13.6. The zero-order valence-electron chi connectivity index (χ0n) is 28.3. The van der Waals surface area contributed by atoms with Crippen LogP contribution in [-0.2, 0) is 4.79 Å². The van der Waals surface area contributed by atoms with Crippen molar-refractivity contribution < 1.29 is 21.2 Å². The topological polar surface area (TPSA) is 56.6 Å². The molecule has 8 heteroatoms. The molecule has 0 radical (unpaired) electrons. The van der Waals surface area contributed by atoms with Crippen LogP contribution < -0.4 is 10.2 Å². The second-order valence-electron chi connectivity index (χ2n) is 7.11. The van der Waals surface area contributed by atoms with Gasteiger partial charge in [0.05, 0.1) is 34.2 Å². The van der Waals surface area contributed by atoms with Gasteiger partial charge in [-0.05, 0) is 25.5 Å². The standard InChI is InChI=1S/C22H30N6OS/c1-17-13-21(28(24-17)18-5-3-2-4-6-18)26-9-7-25(8-10-26)19-14-20(23-15-19)22(29)27-11-12-30-16-27/h2-6,13,19-20,23H,7-12,14-16H2,1H3/i7D2,8D2,9D2,10D2,11D2,16D2. The molecule has 0 bridgehead atoms. The van der Waals surface area contributed by atoms with Crippen molar-refractivity contribution in [3.8, 4) is 5.69 Å². The monoisotopic (exact) mass is 438 g/mol. The maximum atomic E-state index is 13.3. The van der Waals surface area contributed by atoms with Gasteiger partial charge in [0.1, 0.15) is 5.82 Å². The second kappa shape index (κ2) is 8.61. The highest BCUT2D eigenvalue weighted by molar-refractivity contribution is 7.99. The predicted molar refractivity (Wildman–Crippen MR) is 121 cm³/mol. The van der Waals surface area contributed by atoms with Crippen LogP contribution in [0.1, 0.15) is 28.6 Å². The maximum absolute atomic E-state index is 13.3. The second-order valence-corrected chi connectivity index (χ2v) is 7.87. The number of carbonyl (C=O) groups is 1. The van der Waals surface area contributed by atoms with Crippen LogP contribution in [-0.4, -0.2) is 88.2 Å². The van der Waals surface area contributed by atoms with Crippen LogP contribution in [0.4, 0.5) is 5.82 Å². The van der Waals surface area contributed by atoms with Crippen LogP contribution in [0.5, 0.6) is 0 Å². The van der Waals surface area contributed by atoms with Gasteiger partial charge < -0.3 is 15.1 Å². The van der Waals surface area contributed by atoms with E-state index in [0.717, 1.165) is 0 Å². The molecular weight excluding hydrogens is 396 g/mol. The Morgan fingerprint density at radius 1 is 1.20 bits per heavy atom. The Kier molecular flexibility index (Phi) is 3.02. The number of thioether (sulfide) groups is 1. The molecule has 2 atom stereocenters. The quantitative estimate of drug-likeness (QED) is 0.782. The summed E-state index contributed by atoms with van der Waals surface area (Å²) < 4.78 is 105. The first-order valence-corrected chi connectivity index (χ1v) is 10.6. The number of hydrogen-bond acceptors (Lipinski definition) is 6. The highest BCUT2D eigenvalue weighted by Gasteiger charge is 2.36. The van der Waals surface area contributed by atoms with E-state index in [1.165, 1.54) is 10.7 Å². The number of benzene rings is 1. The summed E-state index contributed by atoms with van der Waals surface area (Å²) >= 11 is 0.622. The van der Waals surface area contributed by atoms with Crippen molar-refractivity contribution >= 4 is 23.5 Å². The van der Waals surface area contributed by atoms with E-state index in [1.54, 1.807) is 37.3 Å². The van der Waals surface area contributed by atoms with Crippen LogP contribution >= 0.6 is 11.8 Å². The van der Waals surface area contributed by atoms with Gasteiger partial charge in [0.25, 0.3) is 0 Å². The third-order valence-corrected chi connectivity index (χ3v) is 5.63. The Morgan fingerprint density at radius 3 is 2.73 bits per heavy atom. The summed E-state index contributed by atoms with van der Waals surface area (Å²) in [4.78, 5) is 14.7. The third kappa shape index (κ3) is 3.96. The number of aromatic nitrogens is 2. The van der Waals surface area contributed by atoms with Gasteiger partial charge in [0.15, 0.2) is 0 Å². The van der Waals surface area contributed by atoms with Crippen LogP contribution in [0.15, 0.2) is 36.4 Å². The van der Waals surface area contributed by atoms with E-state index in [1.807, 2.05) is 0 Å². The van der Waals surface area contributed by atoms with Crippen LogP contribution in [0.25, 0.3) is 5.69 Å². The molecule has 3 saturated heterocycles. The molecule has 4 heterocycles. The molecule has 30 heavy (non-hydrogen) atoms. The van der Waals surface area contributed by atoms with Crippen molar-refractivity contribution in [3.05, 3.63) is 42.1 Å². The van der Waals surface area contributed by atoms with E-state index in [0.29, 0.717) is 37.8 Å². The zero-order chi connectivity index (χ0) is 31.3. The summed E-state index contributed by atoms with van der Waals surface area (Å²) in [5.41, 5.74) is 0.794. The molecular formula is C22H30N6OS. The molecule has 0 spiro atoms. The zero-order valence-corrected chi connectivity index (χ0v) is 17.1. The molecule has 3 aliphatic heterocycles. The number of para-hydroxylation sites is 1. The number of nitrogens with zero attached hydrogens (tertiary/aromatic N) is 5. The number of aryl methyl sites for hydroxylation is 1. The Bertz CT molecular complexity index is 1330. The highest BCUT2D eigenvalue weighted by Crippen LogP contribution is 2.25. The van der Waals surface area contributed by atoms with Gasteiger partial charge in [-0.3, -0.25) is 9.69 Å². The number of piperazine rings is 1. The summed E-state index contributed by atoms with van der Waals surface area (Å²) in [5, 5.41) is 7.12. The molecule has 1 aromatic heterocycles. The van der Waals surface area contributed by atoms with Crippen molar-refractivity contribution in [1.29, 1.82) is 0 Å². The van der Waals surface area contributed by atoms with E-state index >= 15 is 0 Å². The minimum Gasteiger partial charge on any atom is -0.354 e. The smallest absolute Gasteiger partial charge is 0.240 e.